The van der Waals surface area contributed by atoms with E-state index >= 15 is 19.2 Å². The third-order valence-corrected chi connectivity index (χ3v) is 26.7. The molecule has 1 saturated heterocycles. The third-order valence-electron chi connectivity index (χ3n) is 26.7. The molecule has 5 aromatic carbocycles. The van der Waals surface area contributed by atoms with E-state index in [1.807, 2.05) is 52.0 Å². The van der Waals surface area contributed by atoms with Crippen molar-refractivity contribution in [3.63, 3.8) is 0 Å². The highest BCUT2D eigenvalue weighted by molar-refractivity contribution is 6.00. The molecule has 2 saturated carbocycles. The van der Waals surface area contributed by atoms with E-state index in [4.69, 9.17) is 30.4 Å². The van der Waals surface area contributed by atoms with Crippen LogP contribution in [0.2, 0.25) is 0 Å². The van der Waals surface area contributed by atoms with E-state index in [9.17, 15) is 73.2 Å². The van der Waals surface area contributed by atoms with Gasteiger partial charge in [-0.05, 0) is 127 Å². The number of carbonyl (C=O) groups is 15. The van der Waals surface area contributed by atoms with Crippen LogP contribution in [0.15, 0.2) is 187 Å². The van der Waals surface area contributed by atoms with Crippen LogP contribution in [0, 0.1) is 40.4 Å². The van der Waals surface area contributed by atoms with Crippen LogP contribution >= 0.6 is 0 Å². The minimum atomic E-state index is -2.57. The first kappa shape index (κ1) is 105. The molecule has 11 rings (SSSR count). The van der Waals surface area contributed by atoms with E-state index in [2.05, 4.69) is 57.8 Å². The number of aromatic amines is 1. The molecule has 1 aromatic heterocycles. The number of allylic oxidation sites excluding steroid dienone is 1. The highest BCUT2D eigenvalue weighted by Gasteiger charge is 2.76. The molecule has 18 N–H and O–H groups in total. The zero-order chi connectivity index (χ0) is 100. The summed E-state index contributed by atoms with van der Waals surface area (Å²) >= 11 is 0. The summed E-state index contributed by atoms with van der Waals surface area (Å²) in [6, 6.07) is 27.6. The summed E-state index contributed by atoms with van der Waals surface area (Å²) in [5, 5.41) is 75.7. The number of rotatable bonds is 44. The Morgan fingerprint density at radius 3 is 1.82 bits per heavy atom. The Balaban J connectivity index is 0.805. The van der Waals surface area contributed by atoms with Gasteiger partial charge in [0.1, 0.15) is 71.8 Å². The summed E-state index contributed by atoms with van der Waals surface area (Å²) in [5.74, 6) is -16.7. The molecule has 19 atom stereocenters. The number of primary amides is 2. The van der Waals surface area contributed by atoms with E-state index in [1.165, 1.54) is 77.3 Å². The average Bonchev–Trinajstić information content (AvgIpc) is 0.736. The zero-order valence-corrected chi connectivity index (χ0v) is 79.3. The third kappa shape index (κ3) is 25.3. The first-order valence-corrected chi connectivity index (χ1v) is 46.6. The van der Waals surface area contributed by atoms with E-state index in [0.717, 1.165) is 11.1 Å². The van der Waals surface area contributed by atoms with Crippen molar-refractivity contribution >= 4 is 94.2 Å². The number of aliphatic hydroxyl groups is 4. The van der Waals surface area contributed by atoms with E-state index in [0.29, 0.717) is 36.1 Å². The molecule has 0 spiro atoms. The maximum Gasteiger partial charge on any atom is 0.350 e. The van der Waals surface area contributed by atoms with Gasteiger partial charge in [-0.1, -0.05) is 195 Å². The standard InChI is InChI=1S/C102H127N13O23/c1-55(2)44-66(89(104)123)38-39-67(45-56(3)4)109-94(128)73(48-68-51-105-54-107-68)111-79(119)52-106-96(130)82(57(5)6)114-90(124)59(8)108-93(127)72(47-65-37-36-61-28-24-25-35-69(61)65)113-92(126)70(40-41-77(103)117)112-95(129)71(46-60-26-16-12-17-27-60)110-78(118)42-43-80(120)137-85(83(62-29-18-13-19-30-62)115-91(125)63-31-20-14-21-32-63)98(132)136-74-50-102(134)88(138-97(131)64-33-22-15-23-34-64)86-100(11,75(116)49-76-101(86,133)53-135-76)87(122)84(121)81(58(74)7)99(102,9)10/h12-35,37-39,51,54-57,59,66-67,70-76,82-86,88,116,121,133-134H,36,40-50,52-53H2,1-11H3,(H2,103,117)(H2,104,123)(H,105,107)(H,106,130)(H,108,127)(H,109,128)(H,110,118)(H,111,119)(H,112,129)(H,113,126)(H,114,124)(H,115,125)/b39-38+/t59-,66?,67+,70-,71-,72-,73-,74-,75+,76+,82?,83-,84+,85+,86-,88-,100?,101-,102+/m0/s1. The summed E-state index contributed by atoms with van der Waals surface area (Å²) in [7, 11) is 0. The van der Waals surface area contributed by atoms with E-state index in [-0.39, 0.29) is 65.4 Å². The van der Waals surface area contributed by atoms with Crippen molar-refractivity contribution in [3.8, 4) is 0 Å². The number of H-pyrrole nitrogens is 1. The number of nitrogens with zero attached hydrogens (tertiary/aromatic N) is 1. The number of nitrogens with two attached hydrogens (primary N) is 2. The number of ketones is 1. The highest BCUT2D eigenvalue weighted by atomic mass is 16.6. The van der Waals surface area contributed by atoms with Crippen LogP contribution in [0.4, 0.5) is 0 Å². The van der Waals surface area contributed by atoms with Gasteiger partial charge < -0.3 is 104 Å². The van der Waals surface area contributed by atoms with Crippen LogP contribution in [0.25, 0.3) is 5.57 Å². The largest absolute Gasteiger partial charge is 0.455 e. The Bertz CT molecular complexity index is 5520. The molecule has 11 amide bonds. The summed E-state index contributed by atoms with van der Waals surface area (Å²) in [4.78, 5) is 223. The fraction of sp³-hybridized carbons (Fsp3) is 0.471. The molecule has 6 aromatic rings. The number of esters is 3. The Morgan fingerprint density at radius 1 is 0.616 bits per heavy atom. The lowest BCUT2D eigenvalue weighted by molar-refractivity contribution is -0.343. The monoisotopic (exact) mass is 1900 g/mol. The molecule has 4 aliphatic carbocycles. The van der Waals surface area contributed by atoms with Gasteiger partial charge in [-0.15, -0.1) is 0 Å². The molecule has 36 heteroatoms. The van der Waals surface area contributed by atoms with Crippen molar-refractivity contribution in [3.05, 3.63) is 227 Å². The van der Waals surface area contributed by atoms with Crippen LogP contribution < -0.4 is 59.3 Å². The van der Waals surface area contributed by atoms with Crippen LogP contribution in [-0.4, -0.2) is 222 Å². The van der Waals surface area contributed by atoms with E-state index < -0.39 is 259 Å². The second kappa shape index (κ2) is 46.2. The van der Waals surface area contributed by atoms with Crippen molar-refractivity contribution in [2.45, 2.75) is 249 Å². The predicted molar refractivity (Wildman–Crippen MR) is 503 cm³/mol. The van der Waals surface area contributed by atoms with Gasteiger partial charge in [0.2, 0.25) is 65.2 Å². The quantitative estimate of drug-likeness (QED) is 0.0143. The predicted octanol–water partition coefficient (Wildman–Crippen LogP) is 4.36. The molecule has 2 heterocycles. The lowest BCUT2D eigenvalue weighted by atomic mass is 9.44. The molecular formula is C102H127N13O23. The normalized spacial score (nSPS) is 22.8. The Morgan fingerprint density at radius 2 is 1.20 bits per heavy atom. The number of benzene rings is 5. The molecule has 5 aliphatic rings. The molecule has 0 radical (unpaired) electrons. The molecule has 3 unspecified atom stereocenters. The number of Topliss-reactive ketones (excluding diaryl/α,β-unsaturated/α-hetero) is 1. The van der Waals surface area contributed by atoms with Crippen LogP contribution in [0.1, 0.15) is 189 Å². The van der Waals surface area contributed by atoms with Crippen LogP contribution in [0.5, 0.6) is 0 Å². The lowest BCUT2D eigenvalue weighted by Crippen LogP contribution is -2.81. The Hall–Kier alpha value is -13.4. The van der Waals surface area contributed by atoms with Crippen LogP contribution in [0.3, 0.4) is 0 Å². The highest BCUT2D eigenvalue weighted by Crippen LogP contribution is 2.63. The minimum absolute atomic E-state index is 0.00346. The van der Waals surface area contributed by atoms with E-state index in [1.54, 1.807) is 123 Å². The molecule has 3 fully saturated rings. The van der Waals surface area contributed by atoms with Crippen molar-refractivity contribution in [2.24, 2.45) is 51.9 Å². The van der Waals surface area contributed by atoms with Crippen LogP contribution in [-0.2, 0) is 101 Å². The SMILES string of the molecule is CC1=C2[C@@H](O)C(=O)C3(C)[C@H](O)C[C@H]4OC[C@@]4(O)[C@H]3[C@H](OC(=O)c3ccccc3)[C@](O)(C[C@@H]1OC(=O)[C@H](OC(=O)CCC(=O)N[C@@H](Cc1ccccc1)C(=O)N[C@@H](CCC(N)=O)C(=O)N[C@@H](CC1=CCc3ccccc31)C(=O)N[C@@H](C)C(=O)NC(C(=O)NCC(=O)N[C@@H](Cc1c[nH]cn1)C(=O)N[C@H](/C=C/C(CC(C)C)C(N)=O)CC(C)C)C(C)C)[C@@H](NC(=O)c1ccccc1)c1ccccc1)C2(C)C. The number of ether oxygens (including phenoxy) is 4. The maximum absolute atomic E-state index is 15.8. The van der Waals surface area contributed by atoms with Gasteiger partial charge in [0.05, 0.1) is 60.7 Å². The van der Waals surface area contributed by atoms with Gasteiger partial charge in [0.25, 0.3) is 5.91 Å². The number of aromatic nitrogens is 2. The van der Waals surface area contributed by atoms with Gasteiger partial charge in [-0.25, -0.2) is 14.6 Å². The molecule has 738 valence electrons. The summed E-state index contributed by atoms with van der Waals surface area (Å²) < 4.78 is 24.7. The maximum atomic E-state index is 15.8. The lowest BCUT2D eigenvalue weighted by Gasteiger charge is -2.66. The summed E-state index contributed by atoms with van der Waals surface area (Å²) in [6.07, 6.45) is -5.55. The molecule has 2 bridgehead atoms. The molecular weight excluding hydrogens is 1780 g/mol. The Kier molecular flexibility index (Phi) is 35.1. The first-order valence-electron chi connectivity index (χ1n) is 46.6. The van der Waals surface area contributed by atoms with Crippen molar-refractivity contribution in [2.75, 3.05) is 13.2 Å². The molecule has 138 heavy (non-hydrogen) atoms. The van der Waals surface area contributed by atoms with Gasteiger partial charge in [-0.3, -0.25) is 62.3 Å². The van der Waals surface area contributed by atoms with Crippen molar-refractivity contribution in [1.29, 1.82) is 0 Å². The number of nitrogens with one attached hydrogen (secondary N) is 10. The van der Waals surface area contributed by atoms with Gasteiger partial charge in [0, 0.05) is 74.1 Å². The second-order valence-electron chi connectivity index (χ2n) is 38.2. The summed E-state index contributed by atoms with van der Waals surface area (Å²) in [6.45, 7) is 17.0. The second-order valence-corrected chi connectivity index (χ2v) is 38.2. The zero-order valence-electron chi connectivity index (χ0n) is 79.3. The molecule has 36 nitrogen and oxygen atoms in total. The number of aliphatic hydroxyl groups excluding tert-OH is 2. The number of amides is 11. The van der Waals surface area contributed by atoms with Crippen molar-refractivity contribution in [1.82, 2.24) is 57.8 Å². The molecule has 1 aliphatic heterocycles. The number of imidazole rings is 1. The van der Waals surface area contributed by atoms with Gasteiger partial charge >= 0.3 is 17.9 Å². The average molecular weight is 1900 g/mol. The minimum Gasteiger partial charge on any atom is -0.455 e. The number of hydrogen-bond acceptors (Lipinski definition) is 24. The fourth-order valence-corrected chi connectivity index (χ4v) is 19.0. The first-order chi connectivity index (χ1) is 65.4. The number of hydrogen-bond donors (Lipinski definition) is 16. The summed E-state index contributed by atoms with van der Waals surface area (Å²) in [5.41, 5.74) is 5.93. The Labute approximate surface area is 800 Å². The smallest absolute Gasteiger partial charge is 0.350 e. The van der Waals surface area contributed by atoms with Crippen molar-refractivity contribution < 1.29 is 111 Å². The number of fused-ring (bicyclic) bond motifs is 6. The topological polar surface area (TPSA) is 563 Å². The van der Waals surface area contributed by atoms with Gasteiger partial charge in [-0.2, -0.15) is 0 Å². The fourth-order valence-electron chi connectivity index (χ4n) is 19.0. The van der Waals surface area contributed by atoms with Gasteiger partial charge in [0.15, 0.2) is 5.78 Å². The number of carbonyl (C=O) groups excluding carboxylic acids is 15.